The van der Waals surface area contributed by atoms with E-state index in [2.05, 4.69) is 5.73 Å². The van der Waals surface area contributed by atoms with Gasteiger partial charge in [0.25, 0.3) is 0 Å². The smallest absolute Gasteiger partial charge is 0.191 e. The van der Waals surface area contributed by atoms with Crippen molar-refractivity contribution in [3.8, 4) is 11.5 Å². The number of rotatable bonds is 6. The van der Waals surface area contributed by atoms with Gasteiger partial charge in [-0.1, -0.05) is 17.7 Å². The molecule has 0 aromatic heterocycles. The molecule has 5 nitrogen and oxygen atoms in total. The fraction of sp³-hybridized carbons (Fsp3) is 0.294. The molecule has 0 fully saturated rings. The quantitative estimate of drug-likeness (QED) is 0.872. The molecular weight excluding hydrogens is 314 g/mol. The topological polar surface area (TPSA) is 80.2 Å². The van der Waals surface area contributed by atoms with Gasteiger partial charge in [-0.25, -0.2) is 8.42 Å². The number of aryl methyl sites for hydroxylation is 1. The van der Waals surface area contributed by atoms with E-state index in [1.807, 2.05) is 6.92 Å². The van der Waals surface area contributed by atoms with Crippen LogP contribution in [0, 0.1) is 6.92 Å². The molecule has 2 rings (SSSR count). The van der Waals surface area contributed by atoms with E-state index in [0.717, 1.165) is 5.56 Å². The van der Waals surface area contributed by atoms with Crippen LogP contribution >= 0.6 is 0 Å². The predicted octanol–water partition coefficient (Wildman–Crippen LogP) is 1.77. The zero-order valence-corrected chi connectivity index (χ0v) is 14.4. The van der Waals surface area contributed by atoms with E-state index in [1.54, 1.807) is 49.6 Å². The molecule has 0 bridgehead atoms. The van der Waals surface area contributed by atoms with Crippen molar-refractivity contribution in [3.05, 3.63) is 53.6 Å². The lowest BCUT2D eigenvalue weighted by Gasteiger charge is -2.18. The van der Waals surface area contributed by atoms with Crippen LogP contribution in [0.4, 0.5) is 0 Å². The Kier molecular flexibility index (Phi) is 5.28. The summed E-state index contributed by atoms with van der Waals surface area (Å²) in [5.41, 5.74) is 5.39. The van der Waals surface area contributed by atoms with Gasteiger partial charge in [-0.2, -0.15) is 0 Å². The molecule has 2 aromatic rings. The van der Waals surface area contributed by atoms with Gasteiger partial charge in [0.2, 0.25) is 0 Å². The van der Waals surface area contributed by atoms with Gasteiger partial charge < -0.3 is 15.2 Å². The predicted molar refractivity (Wildman–Crippen MR) is 88.4 cm³/mol. The Labute approximate surface area is 137 Å². The summed E-state index contributed by atoms with van der Waals surface area (Å²) >= 11 is 0. The van der Waals surface area contributed by atoms with Crippen molar-refractivity contribution in [1.82, 2.24) is 0 Å². The third-order valence-corrected chi connectivity index (χ3v) is 5.94. The highest BCUT2D eigenvalue weighted by molar-refractivity contribution is 7.91. The van der Waals surface area contributed by atoms with Gasteiger partial charge in [0, 0.05) is 5.56 Å². The molecular formula is C17H22NO4S+. The molecule has 0 spiro atoms. The first-order chi connectivity index (χ1) is 10.9. The Morgan fingerprint density at radius 3 is 2.22 bits per heavy atom. The maximum Gasteiger partial charge on any atom is 0.191 e. The number of hydrogen-bond acceptors (Lipinski definition) is 4. The van der Waals surface area contributed by atoms with E-state index in [4.69, 9.17) is 9.47 Å². The van der Waals surface area contributed by atoms with Crippen LogP contribution in [0.2, 0.25) is 0 Å². The minimum absolute atomic E-state index is 0.194. The van der Waals surface area contributed by atoms with E-state index >= 15 is 0 Å². The number of sulfone groups is 1. The highest BCUT2D eigenvalue weighted by Crippen LogP contribution is 2.36. The van der Waals surface area contributed by atoms with Crippen molar-refractivity contribution in [2.24, 2.45) is 0 Å². The number of hydrogen-bond donors (Lipinski definition) is 1. The third-order valence-electron chi connectivity index (χ3n) is 3.77. The number of ether oxygens (including phenoxy) is 2. The van der Waals surface area contributed by atoms with Crippen LogP contribution in [-0.2, 0) is 9.84 Å². The maximum atomic E-state index is 13.0. The van der Waals surface area contributed by atoms with Gasteiger partial charge in [-0.15, -0.1) is 0 Å². The Morgan fingerprint density at radius 1 is 1.04 bits per heavy atom. The summed E-state index contributed by atoms with van der Waals surface area (Å²) in [6.45, 7) is 2.11. The molecule has 6 heteroatoms. The molecule has 23 heavy (non-hydrogen) atoms. The maximum absolute atomic E-state index is 13.0. The van der Waals surface area contributed by atoms with Crippen molar-refractivity contribution in [3.63, 3.8) is 0 Å². The lowest BCUT2D eigenvalue weighted by atomic mass is 10.1. The fourth-order valence-corrected chi connectivity index (χ4v) is 4.13. The largest absolute Gasteiger partial charge is 0.497 e. The molecule has 0 amide bonds. The molecule has 0 unspecified atom stereocenters. The fourth-order valence-electron chi connectivity index (χ4n) is 2.46. The molecule has 0 radical (unpaired) electrons. The van der Waals surface area contributed by atoms with E-state index in [-0.39, 0.29) is 11.4 Å². The van der Waals surface area contributed by atoms with Gasteiger partial charge in [0.15, 0.2) is 9.84 Å². The second-order valence-corrected chi connectivity index (χ2v) is 7.37. The first-order valence-electron chi connectivity index (χ1n) is 7.25. The lowest BCUT2D eigenvalue weighted by Crippen LogP contribution is -2.54. The van der Waals surface area contributed by atoms with Crippen molar-refractivity contribution in [2.45, 2.75) is 17.1 Å². The summed E-state index contributed by atoms with van der Waals surface area (Å²) in [5, 5.41) is -0.796. The molecule has 3 N–H and O–H groups in total. The van der Waals surface area contributed by atoms with Gasteiger partial charge in [0.1, 0.15) is 16.7 Å². The molecule has 124 valence electrons. The molecule has 2 aromatic carbocycles. The van der Waals surface area contributed by atoms with Gasteiger partial charge >= 0.3 is 0 Å². The highest BCUT2D eigenvalue weighted by Gasteiger charge is 2.32. The summed E-state index contributed by atoms with van der Waals surface area (Å²) in [7, 11) is -0.518. The van der Waals surface area contributed by atoms with Gasteiger partial charge in [-0.3, -0.25) is 0 Å². The Hall–Kier alpha value is -2.05. The average Bonchev–Trinajstić information content (AvgIpc) is 2.55. The lowest BCUT2D eigenvalue weighted by molar-refractivity contribution is -0.367. The van der Waals surface area contributed by atoms with Crippen molar-refractivity contribution in [1.29, 1.82) is 0 Å². The number of quaternary nitrogens is 1. The molecule has 0 aliphatic heterocycles. The summed E-state index contributed by atoms with van der Waals surface area (Å²) < 4.78 is 36.6. The summed E-state index contributed by atoms with van der Waals surface area (Å²) in [4.78, 5) is 0.279. The van der Waals surface area contributed by atoms with Crippen LogP contribution in [0.3, 0.4) is 0 Å². The van der Waals surface area contributed by atoms with Crippen LogP contribution < -0.4 is 15.2 Å². The van der Waals surface area contributed by atoms with Crippen LogP contribution in [-0.4, -0.2) is 29.2 Å². The zero-order chi connectivity index (χ0) is 17.0. The first kappa shape index (κ1) is 17.3. The summed E-state index contributed by atoms with van der Waals surface area (Å²) in [6, 6.07) is 12.0. The first-order valence-corrected chi connectivity index (χ1v) is 8.80. The number of benzene rings is 2. The minimum Gasteiger partial charge on any atom is -0.497 e. The minimum atomic E-state index is -3.58. The average molecular weight is 336 g/mol. The van der Waals surface area contributed by atoms with E-state index in [0.29, 0.717) is 17.1 Å². The molecule has 1 atom stereocenters. The summed E-state index contributed by atoms with van der Waals surface area (Å²) in [5.74, 6) is 1.09. The Balaban J connectivity index is 2.56. The zero-order valence-electron chi connectivity index (χ0n) is 13.6. The monoisotopic (exact) mass is 336 g/mol. The molecule has 0 saturated heterocycles. The van der Waals surface area contributed by atoms with E-state index < -0.39 is 15.1 Å². The SMILES string of the molecule is COc1ccc(OC)c([C@H](C[NH3+])S(=O)(=O)c2ccc(C)cc2)c1. The standard InChI is InChI=1S/C17H21NO4S/c1-12-4-7-14(8-5-12)23(19,20)17(11-18)15-10-13(21-2)6-9-16(15)22-3/h4-10,17H,11,18H2,1-3H3/p+1/t17-/m0/s1. The Bertz CT molecular complexity index is 770. The second kappa shape index (κ2) is 7.02. The normalized spacial score (nSPS) is 12.7. The molecule has 0 saturated carbocycles. The molecule has 0 aliphatic rings. The van der Waals surface area contributed by atoms with Crippen LogP contribution in [0.1, 0.15) is 16.4 Å². The van der Waals surface area contributed by atoms with Gasteiger partial charge in [-0.05, 0) is 37.3 Å². The van der Waals surface area contributed by atoms with Gasteiger partial charge in [0.05, 0.1) is 25.7 Å². The molecule has 0 heterocycles. The van der Waals surface area contributed by atoms with Crippen LogP contribution in [0.25, 0.3) is 0 Å². The van der Waals surface area contributed by atoms with Crippen molar-refractivity contribution >= 4 is 9.84 Å². The van der Waals surface area contributed by atoms with E-state index in [9.17, 15) is 8.42 Å². The van der Waals surface area contributed by atoms with E-state index in [1.165, 1.54) is 7.11 Å². The third kappa shape index (κ3) is 3.48. The van der Waals surface area contributed by atoms with Crippen LogP contribution in [0.15, 0.2) is 47.4 Å². The van der Waals surface area contributed by atoms with Crippen molar-refractivity contribution in [2.75, 3.05) is 20.8 Å². The van der Waals surface area contributed by atoms with Crippen LogP contribution in [0.5, 0.6) is 11.5 Å². The summed E-state index contributed by atoms with van der Waals surface area (Å²) in [6.07, 6.45) is 0. The molecule has 0 aliphatic carbocycles. The highest BCUT2D eigenvalue weighted by atomic mass is 32.2. The van der Waals surface area contributed by atoms with Crippen molar-refractivity contribution < 1.29 is 23.6 Å². The second-order valence-electron chi connectivity index (χ2n) is 5.24. The number of methoxy groups -OCH3 is 2. The Morgan fingerprint density at radius 2 is 1.70 bits per heavy atom.